The van der Waals surface area contributed by atoms with Crippen molar-refractivity contribution in [1.82, 2.24) is 5.32 Å². The van der Waals surface area contributed by atoms with Crippen LogP contribution in [0.1, 0.15) is 62.0 Å². The highest BCUT2D eigenvalue weighted by atomic mass is 32.2. The third-order valence-corrected chi connectivity index (χ3v) is 11.7. The highest BCUT2D eigenvalue weighted by Crippen LogP contribution is 2.63. The third-order valence-electron chi connectivity index (χ3n) is 10.3. The summed E-state index contributed by atoms with van der Waals surface area (Å²) in [6.07, 6.45) is 9.01. The van der Waals surface area contributed by atoms with Crippen LogP contribution in [0, 0.1) is 17.8 Å². The Morgan fingerprint density at radius 2 is 1.75 bits per heavy atom. The van der Waals surface area contributed by atoms with Gasteiger partial charge in [0.2, 0.25) is 5.79 Å². The van der Waals surface area contributed by atoms with E-state index in [2.05, 4.69) is 35.3 Å². The first kappa shape index (κ1) is 37.7. The zero-order valence-corrected chi connectivity index (χ0v) is 30.6. The molecule has 276 valence electrons. The monoisotopic (exact) mass is 726 g/mol. The molecule has 1 heterocycles. The van der Waals surface area contributed by atoms with Crippen LogP contribution in [-0.2, 0) is 16.1 Å². The summed E-state index contributed by atoms with van der Waals surface area (Å²) >= 11 is 1.71. The van der Waals surface area contributed by atoms with E-state index in [1.165, 1.54) is 0 Å². The number of aliphatic hydroxyl groups excluding tert-OH is 2. The predicted octanol–water partition coefficient (Wildman–Crippen LogP) is 8.03. The van der Waals surface area contributed by atoms with Gasteiger partial charge < -0.3 is 34.6 Å². The second-order valence-electron chi connectivity index (χ2n) is 13.6. The zero-order chi connectivity index (χ0) is 36.3. The predicted molar refractivity (Wildman–Crippen MR) is 204 cm³/mol. The van der Waals surface area contributed by atoms with Crippen molar-refractivity contribution in [3.63, 3.8) is 0 Å². The highest BCUT2D eigenvalue weighted by molar-refractivity contribution is 8.00. The summed E-state index contributed by atoms with van der Waals surface area (Å²) in [6, 6.07) is 25.6. The molecule has 2 aliphatic carbocycles. The van der Waals surface area contributed by atoms with E-state index in [4.69, 9.17) is 19.0 Å². The van der Waals surface area contributed by atoms with Crippen LogP contribution in [0.15, 0.2) is 113 Å². The minimum atomic E-state index is -1.09. The summed E-state index contributed by atoms with van der Waals surface area (Å²) in [4.78, 5) is 19.7. The number of allylic oxidation sites excluding steroid dienone is 1. The smallest absolute Gasteiger partial charge is 0.412 e. The number of hydrogen-bond donors (Lipinski definition) is 3. The lowest BCUT2D eigenvalue weighted by molar-refractivity contribution is -0.223. The van der Waals surface area contributed by atoms with Crippen LogP contribution >= 0.6 is 11.8 Å². The summed E-state index contributed by atoms with van der Waals surface area (Å²) in [5.41, 5.74) is 3.84. The van der Waals surface area contributed by atoms with Crippen LogP contribution in [0.2, 0.25) is 0 Å². The average molecular weight is 727 g/mol. The molecule has 3 aliphatic rings. The molecule has 0 saturated heterocycles. The summed E-state index contributed by atoms with van der Waals surface area (Å²) in [5.74, 6) is -0.0702. The summed E-state index contributed by atoms with van der Waals surface area (Å²) < 4.78 is 20.0. The Bertz CT molecular complexity index is 1700. The number of benzene rings is 3. The van der Waals surface area contributed by atoms with Gasteiger partial charge in [-0.2, -0.15) is 0 Å². The number of carbonyl (C=O) groups is 1. The third kappa shape index (κ3) is 8.41. The Hall–Kier alpha value is -4.09. The van der Waals surface area contributed by atoms with Crippen LogP contribution in [-0.4, -0.2) is 60.0 Å². The van der Waals surface area contributed by atoms with Gasteiger partial charge in [0.1, 0.15) is 18.6 Å². The fourth-order valence-electron chi connectivity index (χ4n) is 8.17. The second kappa shape index (κ2) is 18.1. The average Bonchev–Trinajstić information content (AvgIpc) is 3.16. The first-order valence-corrected chi connectivity index (χ1v) is 19.2. The lowest BCUT2D eigenvalue weighted by atomic mass is 9.56. The molecule has 3 N–H and O–H groups in total. The maximum absolute atomic E-state index is 13.1. The van der Waals surface area contributed by atoms with Crippen LogP contribution in [0.5, 0.6) is 11.5 Å². The van der Waals surface area contributed by atoms with Crippen LogP contribution in [0.25, 0.3) is 0 Å². The van der Waals surface area contributed by atoms with E-state index in [9.17, 15) is 15.0 Å². The normalized spacial score (nSPS) is 25.2. The maximum Gasteiger partial charge on any atom is 0.412 e. The largest absolute Gasteiger partial charge is 0.460 e. The molecule has 6 atom stereocenters. The van der Waals surface area contributed by atoms with Crippen LogP contribution in [0.3, 0.4) is 0 Å². The van der Waals surface area contributed by atoms with E-state index < -0.39 is 11.9 Å². The Morgan fingerprint density at radius 3 is 2.46 bits per heavy atom. The van der Waals surface area contributed by atoms with Crippen LogP contribution in [0.4, 0.5) is 4.79 Å². The van der Waals surface area contributed by atoms with Crippen molar-refractivity contribution in [1.29, 1.82) is 0 Å². The Morgan fingerprint density at radius 1 is 1.02 bits per heavy atom. The minimum absolute atomic E-state index is 0.108. The van der Waals surface area contributed by atoms with Crippen molar-refractivity contribution in [3.8, 4) is 11.5 Å². The maximum atomic E-state index is 13.1. The molecule has 0 unspecified atom stereocenters. The lowest BCUT2D eigenvalue weighted by Gasteiger charge is -2.58. The number of aliphatic hydroxyl groups is 2. The van der Waals surface area contributed by atoms with Crippen molar-refractivity contribution < 1.29 is 34.1 Å². The van der Waals surface area contributed by atoms with Gasteiger partial charge in [-0.25, -0.2) is 4.79 Å². The second-order valence-corrected chi connectivity index (χ2v) is 14.9. The molecular formula is C42H50N2O7S. The lowest BCUT2D eigenvalue weighted by Crippen LogP contribution is -2.64. The van der Waals surface area contributed by atoms with E-state index in [0.29, 0.717) is 37.3 Å². The van der Waals surface area contributed by atoms with Crippen molar-refractivity contribution in [3.05, 3.63) is 114 Å². The SMILES string of the molecule is C=CCO[C@@]12Oc3ccc(OC(=O)NCc4ccccc4)cc3[C@H]3[C@H](CCCCO)[C@@H](CCCCO)C=C(C(=NOC)C[C@@H]1Sc1ccccc1)[C@H]32. The van der Waals surface area contributed by atoms with Crippen molar-refractivity contribution in [2.75, 3.05) is 26.9 Å². The first-order valence-electron chi connectivity index (χ1n) is 18.3. The number of nitrogens with one attached hydrogen (secondary N) is 1. The van der Waals surface area contributed by atoms with E-state index in [1.54, 1.807) is 31.0 Å². The molecular weight excluding hydrogens is 677 g/mol. The highest BCUT2D eigenvalue weighted by Gasteiger charge is 2.64. The van der Waals surface area contributed by atoms with Gasteiger partial charge in [0.15, 0.2) is 0 Å². The summed E-state index contributed by atoms with van der Waals surface area (Å²) in [5, 5.41) is 26.8. The number of nitrogens with zero attached hydrogens (tertiary/aromatic N) is 1. The van der Waals surface area contributed by atoms with Gasteiger partial charge in [-0.15, -0.1) is 18.3 Å². The van der Waals surface area contributed by atoms with E-state index in [1.807, 2.05) is 60.7 Å². The van der Waals surface area contributed by atoms with Crippen molar-refractivity contribution >= 4 is 23.6 Å². The number of rotatable bonds is 17. The fourth-order valence-corrected chi connectivity index (χ4v) is 9.49. The standard InChI is InChI=1S/C42H50N2O7S/c1-3-24-49-42-38(52-32-17-8-5-9-18-32)27-36(44-48-2)34-25-30(16-10-12-22-45)33(19-11-13-23-46)39(40(34)42)35-26-31(20-21-37(35)51-42)50-41(47)43-28-29-14-6-4-7-15-29/h3-9,14-15,17-18,20-21,25-26,30,33,38-40,45-46H,1,10-13,16,19,22-24,27-28H2,2H3,(H,43,47)/t30-,33+,38-,39+,40+,42+/m0/s1. The molecule has 6 rings (SSSR count). The van der Waals surface area contributed by atoms with E-state index >= 15 is 0 Å². The Balaban J connectivity index is 1.47. The topological polar surface area (TPSA) is 119 Å². The number of amides is 1. The molecule has 3 aromatic carbocycles. The molecule has 0 aromatic heterocycles. The molecule has 10 heteroatoms. The van der Waals surface area contributed by atoms with Crippen LogP contribution < -0.4 is 14.8 Å². The molecule has 52 heavy (non-hydrogen) atoms. The van der Waals surface area contributed by atoms with Gasteiger partial charge in [-0.05, 0) is 79.0 Å². The molecule has 0 radical (unpaired) electrons. The number of hydrogen-bond acceptors (Lipinski definition) is 9. The number of carbonyl (C=O) groups excluding carboxylic acids is 1. The van der Waals surface area contributed by atoms with Gasteiger partial charge in [-0.3, -0.25) is 0 Å². The molecule has 3 aromatic rings. The van der Waals surface area contributed by atoms with Gasteiger partial charge in [0.05, 0.1) is 23.5 Å². The van der Waals surface area contributed by atoms with E-state index in [-0.39, 0.29) is 48.7 Å². The van der Waals surface area contributed by atoms with Gasteiger partial charge >= 0.3 is 6.09 Å². The number of fused-ring (bicyclic) bond motifs is 2. The minimum Gasteiger partial charge on any atom is -0.460 e. The molecule has 1 amide bonds. The number of unbranched alkanes of at least 4 members (excludes halogenated alkanes) is 2. The Kier molecular flexibility index (Phi) is 13.1. The van der Waals surface area contributed by atoms with Gasteiger partial charge in [0, 0.05) is 42.6 Å². The first-order chi connectivity index (χ1) is 25.5. The summed E-state index contributed by atoms with van der Waals surface area (Å²) in [7, 11) is 1.58. The Labute approximate surface area is 311 Å². The summed E-state index contributed by atoms with van der Waals surface area (Å²) in [6.45, 7) is 4.89. The number of oxime groups is 1. The molecule has 1 fully saturated rings. The molecule has 0 spiro atoms. The number of ether oxygens (including phenoxy) is 3. The van der Waals surface area contributed by atoms with Crippen molar-refractivity contribution in [2.45, 2.75) is 73.3 Å². The quantitative estimate of drug-likeness (QED) is 0.0727. The molecule has 0 bridgehead atoms. The molecule has 1 saturated carbocycles. The number of thioether (sulfide) groups is 1. The van der Waals surface area contributed by atoms with E-state index in [0.717, 1.165) is 53.0 Å². The molecule has 9 nitrogen and oxygen atoms in total. The zero-order valence-electron chi connectivity index (χ0n) is 29.8. The van der Waals surface area contributed by atoms with Gasteiger partial charge in [0.25, 0.3) is 0 Å². The molecule has 1 aliphatic heterocycles. The van der Waals surface area contributed by atoms with Crippen molar-refractivity contribution in [2.24, 2.45) is 22.9 Å². The fraction of sp³-hybridized carbons (Fsp3) is 0.429. The van der Waals surface area contributed by atoms with Gasteiger partial charge in [-0.1, -0.05) is 78.7 Å².